The summed E-state index contributed by atoms with van der Waals surface area (Å²) in [6.45, 7) is 3.81. The zero-order valence-electron chi connectivity index (χ0n) is 21.8. The molecule has 4 aromatic rings. The average molecular weight is 590 g/mol. The number of hydrazone groups is 1. The topological polar surface area (TPSA) is 91.2 Å². The van der Waals surface area contributed by atoms with Crippen molar-refractivity contribution < 1.29 is 23.8 Å². The molecular formula is C30H28BrN3O5. The van der Waals surface area contributed by atoms with Gasteiger partial charge in [-0.2, -0.15) is 5.10 Å². The first kappa shape index (κ1) is 27.7. The Morgan fingerprint density at radius 1 is 1.00 bits per heavy atom. The lowest BCUT2D eigenvalue weighted by molar-refractivity contribution is -0.145. The molecule has 0 saturated heterocycles. The maximum absolute atomic E-state index is 12.7. The number of benzene rings is 3. The van der Waals surface area contributed by atoms with Gasteiger partial charge in [0.1, 0.15) is 0 Å². The largest absolute Gasteiger partial charge is 0.493 e. The lowest BCUT2D eigenvalue weighted by atomic mass is 10.1. The van der Waals surface area contributed by atoms with Gasteiger partial charge in [0.2, 0.25) is 0 Å². The van der Waals surface area contributed by atoms with Crippen LogP contribution in [0.25, 0.3) is 16.9 Å². The summed E-state index contributed by atoms with van der Waals surface area (Å²) >= 11 is 3.46. The first-order chi connectivity index (χ1) is 18.9. The highest BCUT2D eigenvalue weighted by molar-refractivity contribution is 9.10. The molecule has 0 aliphatic rings. The molecule has 0 fully saturated rings. The maximum Gasteiger partial charge on any atom is 0.344 e. The Morgan fingerprint density at radius 3 is 2.44 bits per heavy atom. The number of aryl methyl sites for hydroxylation is 1. The summed E-state index contributed by atoms with van der Waals surface area (Å²) in [7, 11) is 1.49. The molecule has 0 unspecified atom stereocenters. The number of nitrogens with one attached hydrogen (secondary N) is 1. The molecule has 3 aromatic carbocycles. The Kier molecular flexibility index (Phi) is 9.17. The van der Waals surface area contributed by atoms with Crippen molar-refractivity contribution in [3.63, 3.8) is 0 Å². The SMILES string of the molecule is CCOC(=O)COc1cc(Br)c(/C=N/NC(=O)c2ccc(-n3c(C)ccc3-c3ccccc3)cc2)cc1OC. The summed E-state index contributed by atoms with van der Waals surface area (Å²) in [6.07, 6.45) is 1.49. The highest BCUT2D eigenvalue weighted by atomic mass is 79.9. The van der Waals surface area contributed by atoms with E-state index in [1.165, 1.54) is 13.3 Å². The second-order valence-electron chi connectivity index (χ2n) is 8.43. The lowest BCUT2D eigenvalue weighted by Crippen LogP contribution is -2.17. The van der Waals surface area contributed by atoms with Gasteiger partial charge in [-0.05, 0) is 83.9 Å². The molecular weight excluding hydrogens is 562 g/mol. The maximum atomic E-state index is 12.7. The van der Waals surface area contributed by atoms with Gasteiger partial charge in [-0.1, -0.05) is 30.3 Å². The van der Waals surface area contributed by atoms with E-state index in [0.717, 1.165) is 22.6 Å². The van der Waals surface area contributed by atoms with Crippen LogP contribution >= 0.6 is 15.9 Å². The van der Waals surface area contributed by atoms with Gasteiger partial charge in [-0.15, -0.1) is 0 Å². The second-order valence-corrected chi connectivity index (χ2v) is 9.28. The zero-order chi connectivity index (χ0) is 27.8. The average Bonchev–Trinajstić information content (AvgIpc) is 3.34. The van der Waals surface area contributed by atoms with Crippen molar-refractivity contribution in [1.82, 2.24) is 9.99 Å². The predicted octanol–water partition coefficient (Wildman–Crippen LogP) is 5.93. The van der Waals surface area contributed by atoms with Crippen molar-refractivity contribution in [3.8, 4) is 28.4 Å². The Bertz CT molecular complexity index is 1480. The standard InChI is InChI=1S/C30H28BrN3O5/c1-4-38-29(35)19-39-28-17-25(31)23(16-27(28)37-3)18-32-33-30(36)22-11-13-24(14-12-22)34-20(2)10-15-26(34)21-8-6-5-7-9-21/h5-18H,4,19H2,1-3H3,(H,33,36)/b32-18+. The van der Waals surface area contributed by atoms with Gasteiger partial charge in [0.05, 0.1) is 25.6 Å². The minimum absolute atomic E-state index is 0.240. The van der Waals surface area contributed by atoms with Crippen LogP contribution < -0.4 is 14.9 Å². The Balaban J connectivity index is 1.44. The highest BCUT2D eigenvalue weighted by Crippen LogP contribution is 2.33. The van der Waals surface area contributed by atoms with Gasteiger partial charge in [-0.25, -0.2) is 10.2 Å². The van der Waals surface area contributed by atoms with Crippen molar-refractivity contribution in [2.24, 2.45) is 5.10 Å². The number of esters is 1. The van der Waals surface area contributed by atoms with Crippen molar-refractivity contribution >= 4 is 34.0 Å². The van der Waals surface area contributed by atoms with Crippen LogP contribution in [0.5, 0.6) is 11.5 Å². The van der Waals surface area contributed by atoms with E-state index < -0.39 is 5.97 Å². The van der Waals surface area contributed by atoms with Crippen molar-refractivity contribution in [1.29, 1.82) is 0 Å². The van der Waals surface area contributed by atoms with Gasteiger partial charge >= 0.3 is 5.97 Å². The van der Waals surface area contributed by atoms with Crippen LogP contribution in [0.4, 0.5) is 0 Å². The first-order valence-electron chi connectivity index (χ1n) is 12.2. The molecule has 0 atom stereocenters. The van der Waals surface area contributed by atoms with Crippen molar-refractivity contribution in [2.75, 3.05) is 20.3 Å². The van der Waals surface area contributed by atoms with Gasteiger partial charge in [0, 0.05) is 27.0 Å². The number of carbonyl (C=O) groups is 2. The third-order valence-electron chi connectivity index (χ3n) is 5.84. The fourth-order valence-corrected chi connectivity index (χ4v) is 4.39. The third-order valence-corrected chi connectivity index (χ3v) is 6.52. The molecule has 0 radical (unpaired) electrons. The van der Waals surface area contributed by atoms with Gasteiger partial charge in [-0.3, -0.25) is 4.79 Å². The van der Waals surface area contributed by atoms with Crippen molar-refractivity contribution in [2.45, 2.75) is 13.8 Å². The van der Waals surface area contributed by atoms with Crippen LogP contribution in [0, 0.1) is 6.92 Å². The summed E-state index contributed by atoms with van der Waals surface area (Å²) in [6, 6.07) is 25.0. The number of ether oxygens (including phenoxy) is 3. The van der Waals surface area contributed by atoms with Crippen LogP contribution in [0.2, 0.25) is 0 Å². The summed E-state index contributed by atoms with van der Waals surface area (Å²) < 4.78 is 18.5. The molecule has 0 spiro atoms. The monoisotopic (exact) mass is 589 g/mol. The Morgan fingerprint density at radius 2 is 1.74 bits per heavy atom. The number of amides is 1. The molecule has 8 nitrogen and oxygen atoms in total. The molecule has 0 aliphatic carbocycles. The minimum atomic E-state index is -0.475. The Hall–Kier alpha value is -4.37. The van der Waals surface area contributed by atoms with Crippen LogP contribution in [0.15, 0.2) is 88.4 Å². The highest BCUT2D eigenvalue weighted by Gasteiger charge is 2.13. The number of carbonyl (C=O) groups excluding carboxylic acids is 2. The van der Waals surface area contributed by atoms with Crippen LogP contribution in [0.3, 0.4) is 0 Å². The molecule has 39 heavy (non-hydrogen) atoms. The normalized spacial score (nSPS) is 10.9. The molecule has 200 valence electrons. The fraction of sp³-hybridized carbons (Fsp3) is 0.167. The molecule has 0 aliphatic heterocycles. The molecule has 4 rings (SSSR count). The van der Waals surface area contributed by atoms with E-state index in [-0.39, 0.29) is 19.1 Å². The molecule has 1 aromatic heterocycles. The molecule has 0 saturated carbocycles. The smallest absolute Gasteiger partial charge is 0.344 e. The quantitative estimate of drug-likeness (QED) is 0.141. The van der Waals surface area contributed by atoms with E-state index in [4.69, 9.17) is 14.2 Å². The van der Waals surface area contributed by atoms with E-state index >= 15 is 0 Å². The van der Waals surface area contributed by atoms with Crippen LogP contribution in [0.1, 0.15) is 28.5 Å². The third kappa shape index (κ3) is 6.74. The van der Waals surface area contributed by atoms with E-state index in [9.17, 15) is 9.59 Å². The molecule has 1 amide bonds. The number of nitrogens with zero attached hydrogens (tertiary/aromatic N) is 2. The number of hydrogen-bond donors (Lipinski definition) is 1. The number of methoxy groups -OCH3 is 1. The molecule has 9 heteroatoms. The van der Waals surface area contributed by atoms with Crippen molar-refractivity contribution in [3.05, 3.63) is 100 Å². The number of hydrogen-bond acceptors (Lipinski definition) is 6. The lowest BCUT2D eigenvalue weighted by Gasteiger charge is -2.13. The molecule has 1 N–H and O–H groups in total. The molecule has 1 heterocycles. The van der Waals surface area contributed by atoms with E-state index in [2.05, 4.69) is 55.3 Å². The van der Waals surface area contributed by atoms with Gasteiger partial charge in [0.25, 0.3) is 5.91 Å². The minimum Gasteiger partial charge on any atom is -0.493 e. The van der Waals surface area contributed by atoms with E-state index in [1.54, 1.807) is 31.2 Å². The number of halogens is 1. The fourth-order valence-electron chi connectivity index (χ4n) is 3.96. The number of aromatic nitrogens is 1. The summed E-state index contributed by atoms with van der Waals surface area (Å²) in [5.41, 5.74) is 7.91. The zero-order valence-corrected chi connectivity index (χ0v) is 23.4. The van der Waals surface area contributed by atoms with E-state index in [1.807, 2.05) is 37.3 Å². The first-order valence-corrected chi connectivity index (χ1v) is 13.0. The molecule has 0 bridgehead atoms. The van der Waals surface area contributed by atoms with Gasteiger partial charge < -0.3 is 18.8 Å². The Labute approximate surface area is 235 Å². The van der Waals surface area contributed by atoms with Crippen LogP contribution in [-0.2, 0) is 9.53 Å². The summed E-state index contributed by atoms with van der Waals surface area (Å²) in [5.74, 6) is -0.0481. The predicted molar refractivity (Wildman–Crippen MR) is 154 cm³/mol. The summed E-state index contributed by atoms with van der Waals surface area (Å²) in [5, 5.41) is 4.09. The van der Waals surface area contributed by atoms with E-state index in [0.29, 0.717) is 27.1 Å². The summed E-state index contributed by atoms with van der Waals surface area (Å²) in [4.78, 5) is 24.3. The second kappa shape index (κ2) is 12.9. The van der Waals surface area contributed by atoms with Crippen LogP contribution in [-0.4, -0.2) is 43.0 Å². The number of rotatable bonds is 10. The van der Waals surface area contributed by atoms with Gasteiger partial charge in [0.15, 0.2) is 18.1 Å².